The first kappa shape index (κ1) is 13.6. The Hall–Kier alpha value is -1.05. The summed E-state index contributed by atoms with van der Waals surface area (Å²) in [6.07, 6.45) is -1.51. The number of benzene rings is 1. The largest absolute Gasteiger partial charge is 0.388 e. The molecule has 21 heavy (non-hydrogen) atoms. The molecule has 2 saturated heterocycles. The third-order valence-electron chi connectivity index (χ3n) is 4.39. The van der Waals surface area contributed by atoms with Gasteiger partial charge in [0.15, 0.2) is 0 Å². The quantitative estimate of drug-likeness (QED) is 0.863. The Morgan fingerprint density at radius 2 is 2.24 bits per heavy atom. The van der Waals surface area contributed by atoms with Gasteiger partial charge in [0, 0.05) is 19.6 Å². The molecule has 2 aliphatic rings. The van der Waals surface area contributed by atoms with Crippen LogP contribution in [0.1, 0.15) is 10.6 Å². The summed E-state index contributed by atoms with van der Waals surface area (Å²) in [6.45, 7) is 4.44. The van der Waals surface area contributed by atoms with Crippen molar-refractivity contribution < 1.29 is 14.9 Å². The van der Waals surface area contributed by atoms with Crippen molar-refractivity contribution in [3.05, 3.63) is 28.8 Å². The molecule has 2 aliphatic heterocycles. The zero-order valence-electron chi connectivity index (χ0n) is 11.8. The number of aliphatic hydroxyl groups excluding tert-OH is 2. The van der Waals surface area contributed by atoms with Crippen LogP contribution >= 0.6 is 11.3 Å². The van der Waals surface area contributed by atoms with Gasteiger partial charge >= 0.3 is 0 Å². The maximum Gasteiger partial charge on any atom is 0.122 e. The molecule has 0 bridgehead atoms. The third kappa shape index (κ3) is 2.18. The van der Waals surface area contributed by atoms with Crippen molar-refractivity contribution in [2.75, 3.05) is 19.7 Å². The molecule has 1 aromatic heterocycles. The smallest absolute Gasteiger partial charge is 0.122 e. The zero-order chi connectivity index (χ0) is 14.6. The number of hydrogen-bond donors (Lipinski definition) is 2. The Labute approximate surface area is 126 Å². The summed E-state index contributed by atoms with van der Waals surface area (Å²) < 4.78 is 6.81. The highest BCUT2D eigenvalue weighted by Crippen LogP contribution is 2.36. The predicted octanol–water partition coefficient (Wildman–Crippen LogP) is 0.911. The molecule has 0 unspecified atom stereocenters. The SMILES string of the molecule is Cc1nc2ccc(CN3CC4(C3)OC[C@@H](O)[C@H]4O)cc2s1. The van der Waals surface area contributed by atoms with Gasteiger partial charge in [0.05, 0.1) is 21.8 Å². The maximum atomic E-state index is 9.99. The molecule has 1 spiro atoms. The van der Waals surface area contributed by atoms with Crippen molar-refractivity contribution in [3.8, 4) is 0 Å². The van der Waals surface area contributed by atoms with E-state index in [0.29, 0.717) is 13.1 Å². The molecule has 0 saturated carbocycles. The highest BCUT2D eigenvalue weighted by molar-refractivity contribution is 7.18. The molecule has 112 valence electrons. The van der Waals surface area contributed by atoms with Crippen molar-refractivity contribution in [3.63, 3.8) is 0 Å². The van der Waals surface area contributed by atoms with E-state index in [1.54, 1.807) is 11.3 Å². The standard InChI is InChI=1S/C15H18N2O3S/c1-9-16-11-3-2-10(4-13(11)21-9)5-17-7-15(8-17)14(19)12(18)6-20-15/h2-4,12,14,18-19H,5-8H2,1H3/t12-,14-/m1/s1. The van der Waals surface area contributed by atoms with Crippen LogP contribution in [0.2, 0.25) is 0 Å². The molecular weight excluding hydrogens is 288 g/mol. The minimum atomic E-state index is -0.764. The lowest BCUT2D eigenvalue weighted by atomic mass is 9.87. The van der Waals surface area contributed by atoms with Crippen LogP contribution in [0.5, 0.6) is 0 Å². The van der Waals surface area contributed by atoms with Gasteiger partial charge < -0.3 is 14.9 Å². The first-order valence-electron chi connectivity index (χ1n) is 7.14. The Balaban J connectivity index is 1.45. The van der Waals surface area contributed by atoms with Crippen molar-refractivity contribution >= 4 is 21.6 Å². The second kappa shape index (κ2) is 4.72. The highest BCUT2D eigenvalue weighted by Gasteiger charge is 2.56. The minimum absolute atomic E-state index is 0.237. The van der Waals surface area contributed by atoms with Crippen molar-refractivity contribution in [1.82, 2.24) is 9.88 Å². The molecule has 2 N–H and O–H groups in total. The number of ether oxygens (including phenoxy) is 1. The van der Waals surface area contributed by atoms with Gasteiger partial charge in [0.2, 0.25) is 0 Å². The average molecular weight is 306 g/mol. The minimum Gasteiger partial charge on any atom is -0.388 e. The number of hydrogen-bond acceptors (Lipinski definition) is 6. The molecule has 4 rings (SSSR count). The normalized spacial score (nSPS) is 28.3. The molecule has 2 aromatic rings. The summed E-state index contributed by atoms with van der Waals surface area (Å²) >= 11 is 1.71. The van der Waals surface area contributed by atoms with Crippen molar-refractivity contribution in [1.29, 1.82) is 0 Å². The average Bonchev–Trinajstić information content (AvgIpc) is 2.91. The van der Waals surface area contributed by atoms with Crippen molar-refractivity contribution in [2.24, 2.45) is 0 Å². The van der Waals surface area contributed by atoms with Crippen LogP contribution in [0.3, 0.4) is 0 Å². The van der Waals surface area contributed by atoms with E-state index in [4.69, 9.17) is 4.74 Å². The number of fused-ring (bicyclic) bond motifs is 1. The van der Waals surface area contributed by atoms with Gasteiger partial charge in [-0.3, -0.25) is 4.90 Å². The molecule has 0 amide bonds. The van der Waals surface area contributed by atoms with E-state index in [2.05, 4.69) is 28.1 Å². The van der Waals surface area contributed by atoms with Crippen LogP contribution in [0, 0.1) is 6.92 Å². The molecule has 1 aromatic carbocycles. The number of thiazole rings is 1. The van der Waals surface area contributed by atoms with E-state index >= 15 is 0 Å². The number of aryl methyl sites for hydroxylation is 1. The van der Waals surface area contributed by atoms with Crippen LogP contribution in [-0.2, 0) is 11.3 Å². The Kier molecular flexibility index (Phi) is 3.06. The van der Waals surface area contributed by atoms with E-state index in [-0.39, 0.29) is 6.61 Å². The maximum absolute atomic E-state index is 9.99. The summed E-state index contributed by atoms with van der Waals surface area (Å²) in [7, 11) is 0. The molecule has 0 radical (unpaired) electrons. The molecule has 2 atom stereocenters. The van der Waals surface area contributed by atoms with E-state index in [1.165, 1.54) is 10.3 Å². The Bertz CT molecular complexity index is 681. The van der Waals surface area contributed by atoms with Crippen LogP contribution in [0.15, 0.2) is 18.2 Å². The van der Waals surface area contributed by atoms with Gasteiger partial charge in [-0.05, 0) is 24.6 Å². The summed E-state index contributed by atoms with van der Waals surface area (Å²) in [5.74, 6) is 0. The summed E-state index contributed by atoms with van der Waals surface area (Å²) in [5, 5.41) is 20.7. The predicted molar refractivity (Wildman–Crippen MR) is 80.3 cm³/mol. The fraction of sp³-hybridized carbons (Fsp3) is 0.533. The monoisotopic (exact) mass is 306 g/mol. The second-order valence-corrected chi connectivity index (χ2v) is 7.30. The summed E-state index contributed by atoms with van der Waals surface area (Å²) in [5.41, 5.74) is 1.75. The first-order valence-corrected chi connectivity index (χ1v) is 7.96. The summed E-state index contributed by atoms with van der Waals surface area (Å²) in [6, 6.07) is 6.35. The number of aromatic nitrogens is 1. The van der Waals surface area contributed by atoms with Gasteiger partial charge in [-0.1, -0.05) is 6.07 Å². The molecular formula is C15H18N2O3S. The highest BCUT2D eigenvalue weighted by atomic mass is 32.1. The van der Waals surface area contributed by atoms with E-state index in [0.717, 1.165) is 17.1 Å². The molecule has 6 heteroatoms. The molecule has 3 heterocycles. The third-order valence-corrected chi connectivity index (χ3v) is 5.33. The van der Waals surface area contributed by atoms with E-state index < -0.39 is 17.8 Å². The van der Waals surface area contributed by atoms with Gasteiger partial charge in [-0.25, -0.2) is 4.98 Å². The van der Waals surface area contributed by atoms with Gasteiger partial charge in [-0.15, -0.1) is 11.3 Å². The number of rotatable bonds is 2. The zero-order valence-corrected chi connectivity index (χ0v) is 12.6. The molecule has 5 nitrogen and oxygen atoms in total. The first-order chi connectivity index (χ1) is 10.1. The molecule has 0 aliphatic carbocycles. The summed E-state index contributed by atoms with van der Waals surface area (Å²) in [4.78, 5) is 6.70. The lowest BCUT2D eigenvalue weighted by Gasteiger charge is -2.48. The number of likely N-dealkylation sites (tertiary alicyclic amines) is 1. The number of nitrogens with zero attached hydrogens (tertiary/aromatic N) is 2. The van der Waals surface area contributed by atoms with Gasteiger partial charge in [0.25, 0.3) is 0 Å². The fourth-order valence-corrected chi connectivity index (χ4v) is 4.21. The van der Waals surface area contributed by atoms with Gasteiger partial charge in [0.1, 0.15) is 17.8 Å². The lowest BCUT2D eigenvalue weighted by molar-refractivity contribution is -0.158. The second-order valence-electron chi connectivity index (χ2n) is 6.07. The molecule has 2 fully saturated rings. The van der Waals surface area contributed by atoms with Crippen LogP contribution < -0.4 is 0 Å². The lowest BCUT2D eigenvalue weighted by Crippen LogP contribution is -2.66. The van der Waals surface area contributed by atoms with Crippen LogP contribution in [0.25, 0.3) is 10.2 Å². The fourth-order valence-electron chi connectivity index (χ4n) is 3.32. The van der Waals surface area contributed by atoms with Crippen LogP contribution in [0.4, 0.5) is 0 Å². The van der Waals surface area contributed by atoms with E-state index in [9.17, 15) is 10.2 Å². The topological polar surface area (TPSA) is 65.8 Å². The Morgan fingerprint density at radius 3 is 2.95 bits per heavy atom. The van der Waals surface area contributed by atoms with E-state index in [1.807, 2.05) is 6.92 Å². The Morgan fingerprint density at radius 1 is 1.43 bits per heavy atom. The van der Waals surface area contributed by atoms with Crippen molar-refractivity contribution in [2.45, 2.75) is 31.3 Å². The van der Waals surface area contributed by atoms with Crippen LogP contribution in [-0.4, -0.2) is 57.6 Å². The number of aliphatic hydroxyl groups is 2. The van der Waals surface area contributed by atoms with Gasteiger partial charge in [-0.2, -0.15) is 0 Å².